The molecule has 1 rings (SSSR count). The molecule has 0 radical (unpaired) electrons. The van der Waals surface area contributed by atoms with Crippen LogP contribution in [0, 0.1) is 0 Å². The molecule has 0 saturated carbocycles. The van der Waals surface area contributed by atoms with E-state index in [1.807, 2.05) is 0 Å². The maximum absolute atomic E-state index is 11.9. The summed E-state index contributed by atoms with van der Waals surface area (Å²) < 4.78 is 36.5. The second-order valence-corrected chi connectivity index (χ2v) is 2.23. The predicted octanol–water partition coefficient (Wildman–Crippen LogP) is 0.411. The molecule has 0 spiro atoms. The first-order chi connectivity index (χ1) is 5.43. The Hall–Kier alpha value is -1.11. The SMILES string of the molecule is Cn1nncc1[C@@H](O)C(F)(F)F. The summed E-state index contributed by atoms with van der Waals surface area (Å²) in [5.41, 5.74) is -0.373. The van der Waals surface area contributed by atoms with Gasteiger partial charge in [-0.2, -0.15) is 13.2 Å². The molecule has 1 N–H and O–H groups in total. The van der Waals surface area contributed by atoms with Gasteiger partial charge in [0.1, 0.15) is 0 Å². The van der Waals surface area contributed by atoms with Crippen LogP contribution in [0.3, 0.4) is 0 Å². The van der Waals surface area contributed by atoms with E-state index < -0.39 is 12.3 Å². The highest BCUT2D eigenvalue weighted by Crippen LogP contribution is 2.31. The quantitative estimate of drug-likeness (QED) is 0.682. The van der Waals surface area contributed by atoms with Crippen LogP contribution in [-0.4, -0.2) is 26.3 Å². The molecule has 0 saturated heterocycles. The van der Waals surface area contributed by atoms with E-state index in [0.717, 1.165) is 10.9 Å². The molecular formula is C5H6F3N3O. The highest BCUT2D eigenvalue weighted by atomic mass is 19.4. The zero-order valence-electron chi connectivity index (χ0n) is 6.08. The van der Waals surface area contributed by atoms with Gasteiger partial charge in [0.05, 0.1) is 11.9 Å². The van der Waals surface area contributed by atoms with Gasteiger partial charge >= 0.3 is 6.18 Å². The molecule has 12 heavy (non-hydrogen) atoms. The lowest BCUT2D eigenvalue weighted by Crippen LogP contribution is -2.22. The van der Waals surface area contributed by atoms with Gasteiger partial charge in [0.2, 0.25) is 0 Å². The zero-order valence-corrected chi connectivity index (χ0v) is 6.08. The third-order valence-electron chi connectivity index (χ3n) is 1.34. The first-order valence-electron chi connectivity index (χ1n) is 3.02. The maximum Gasteiger partial charge on any atom is 0.420 e. The Labute approximate surface area is 65.6 Å². The number of aromatic nitrogens is 3. The number of aryl methyl sites for hydroxylation is 1. The normalized spacial score (nSPS) is 14.8. The molecule has 0 aliphatic carbocycles. The molecule has 68 valence electrons. The van der Waals surface area contributed by atoms with E-state index in [1.54, 1.807) is 0 Å². The van der Waals surface area contributed by atoms with Crippen molar-refractivity contribution in [1.29, 1.82) is 0 Å². The molecular weight excluding hydrogens is 175 g/mol. The summed E-state index contributed by atoms with van der Waals surface area (Å²) in [4.78, 5) is 0. The van der Waals surface area contributed by atoms with Gasteiger partial charge in [-0.25, -0.2) is 4.68 Å². The standard InChI is InChI=1S/C5H6F3N3O/c1-11-3(2-9-10-11)4(12)5(6,7)8/h2,4,12H,1H3/t4-/m1/s1. The van der Waals surface area contributed by atoms with E-state index in [-0.39, 0.29) is 5.69 Å². The molecule has 0 unspecified atom stereocenters. The van der Waals surface area contributed by atoms with Crippen LogP contribution in [0.4, 0.5) is 13.2 Å². The van der Waals surface area contributed by atoms with Crippen LogP contribution in [0.5, 0.6) is 0 Å². The number of rotatable bonds is 1. The minimum Gasteiger partial charge on any atom is -0.378 e. The first kappa shape index (κ1) is 8.98. The third-order valence-corrected chi connectivity index (χ3v) is 1.34. The lowest BCUT2D eigenvalue weighted by Gasteiger charge is -2.13. The Kier molecular flexibility index (Phi) is 2.05. The van der Waals surface area contributed by atoms with Crippen LogP contribution < -0.4 is 0 Å². The van der Waals surface area contributed by atoms with E-state index in [0.29, 0.717) is 0 Å². The molecule has 0 aliphatic rings. The topological polar surface area (TPSA) is 50.9 Å². The van der Waals surface area contributed by atoms with Gasteiger partial charge in [0.25, 0.3) is 0 Å². The molecule has 1 heterocycles. The van der Waals surface area contributed by atoms with Crippen LogP contribution in [0.1, 0.15) is 11.8 Å². The minimum absolute atomic E-state index is 0.373. The number of hydrogen-bond acceptors (Lipinski definition) is 3. The summed E-state index contributed by atoms with van der Waals surface area (Å²) in [7, 11) is 1.28. The highest BCUT2D eigenvalue weighted by molar-refractivity contribution is 5.00. The lowest BCUT2D eigenvalue weighted by molar-refractivity contribution is -0.208. The smallest absolute Gasteiger partial charge is 0.378 e. The van der Waals surface area contributed by atoms with Gasteiger partial charge in [-0.05, 0) is 0 Å². The molecule has 1 aromatic heterocycles. The number of aliphatic hydroxyl groups excluding tert-OH is 1. The summed E-state index contributed by atoms with van der Waals surface area (Å²) in [5, 5.41) is 15.2. The van der Waals surface area contributed by atoms with Gasteiger partial charge in [0, 0.05) is 7.05 Å². The summed E-state index contributed by atoms with van der Waals surface area (Å²) in [6.07, 6.45) is -6.31. The molecule has 0 bridgehead atoms. The van der Waals surface area contributed by atoms with Gasteiger partial charge in [-0.1, -0.05) is 5.21 Å². The van der Waals surface area contributed by atoms with Crippen LogP contribution in [-0.2, 0) is 7.05 Å². The maximum atomic E-state index is 11.9. The van der Waals surface area contributed by atoms with E-state index in [9.17, 15) is 13.2 Å². The molecule has 0 fully saturated rings. The summed E-state index contributed by atoms with van der Waals surface area (Å²) >= 11 is 0. The molecule has 0 amide bonds. The van der Waals surface area contributed by atoms with Crippen molar-refractivity contribution in [3.8, 4) is 0 Å². The highest BCUT2D eigenvalue weighted by Gasteiger charge is 2.41. The first-order valence-corrected chi connectivity index (χ1v) is 3.02. The number of nitrogens with zero attached hydrogens (tertiary/aromatic N) is 3. The number of halogens is 3. The zero-order chi connectivity index (χ0) is 9.35. The van der Waals surface area contributed by atoms with Crippen molar-refractivity contribution in [1.82, 2.24) is 15.0 Å². The van der Waals surface area contributed by atoms with E-state index in [2.05, 4.69) is 10.3 Å². The van der Waals surface area contributed by atoms with Crippen molar-refractivity contribution >= 4 is 0 Å². The third kappa shape index (κ3) is 1.55. The van der Waals surface area contributed by atoms with Crippen molar-refractivity contribution in [3.63, 3.8) is 0 Å². The Morgan fingerprint density at radius 2 is 2.17 bits per heavy atom. The fraction of sp³-hybridized carbons (Fsp3) is 0.600. The van der Waals surface area contributed by atoms with Crippen molar-refractivity contribution in [2.24, 2.45) is 7.05 Å². The average Bonchev–Trinajstić information content (AvgIpc) is 2.31. The number of aliphatic hydroxyl groups is 1. The molecule has 0 aromatic carbocycles. The predicted molar refractivity (Wildman–Crippen MR) is 32.0 cm³/mol. The second-order valence-electron chi connectivity index (χ2n) is 2.23. The van der Waals surface area contributed by atoms with E-state index >= 15 is 0 Å². The molecule has 0 aliphatic heterocycles. The monoisotopic (exact) mass is 181 g/mol. The summed E-state index contributed by atoms with van der Waals surface area (Å²) in [5.74, 6) is 0. The van der Waals surface area contributed by atoms with Gasteiger partial charge in [-0.15, -0.1) is 5.10 Å². The van der Waals surface area contributed by atoms with Crippen molar-refractivity contribution in [3.05, 3.63) is 11.9 Å². The fourth-order valence-corrected chi connectivity index (χ4v) is 0.713. The van der Waals surface area contributed by atoms with Crippen molar-refractivity contribution < 1.29 is 18.3 Å². The second kappa shape index (κ2) is 2.74. The van der Waals surface area contributed by atoms with Gasteiger partial charge < -0.3 is 5.11 Å². The number of hydrogen-bond donors (Lipinski definition) is 1. The van der Waals surface area contributed by atoms with E-state index in [1.165, 1.54) is 7.05 Å². The Morgan fingerprint density at radius 1 is 1.58 bits per heavy atom. The van der Waals surface area contributed by atoms with Gasteiger partial charge in [0.15, 0.2) is 6.10 Å². The van der Waals surface area contributed by atoms with Crippen LogP contribution in [0.15, 0.2) is 6.20 Å². The van der Waals surface area contributed by atoms with Crippen LogP contribution in [0.2, 0.25) is 0 Å². The minimum atomic E-state index is -4.67. The van der Waals surface area contributed by atoms with Gasteiger partial charge in [-0.3, -0.25) is 0 Å². The van der Waals surface area contributed by atoms with Crippen molar-refractivity contribution in [2.75, 3.05) is 0 Å². The summed E-state index contributed by atoms with van der Waals surface area (Å²) in [6, 6.07) is 0. The Morgan fingerprint density at radius 3 is 2.50 bits per heavy atom. The Bertz CT molecular complexity index is 269. The van der Waals surface area contributed by atoms with Crippen molar-refractivity contribution in [2.45, 2.75) is 12.3 Å². The van der Waals surface area contributed by atoms with Crippen LogP contribution in [0.25, 0.3) is 0 Å². The number of alkyl halides is 3. The molecule has 7 heteroatoms. The summed E-state index contributed by atoms with van der Waals surface area (Å²) in [6.45, 7) is 0. The molecule has 1 aromatic rings. The largest absolute Gasteiger partial charge is 0.420 e. The van der Waals surface area contributed by atoms with Crippen LogP contribution >= 0.6 is 0 Å². The Balaban J connectivity index is 2.92. The molecule has 1 atom stereocenters. The lowest BCUT2D eigenvalue weighted by atomic mass is 10.2. The van der Waals surface area contributed by atoms with E-state index in [4.69, 9.17) is 5.11 Å². The fourth-order valence-electron chi connectivity index (χ4n) is 0.713. The molecule has 4 nitrogen and oxygen atoms in total. The average molecular weight is 181 g/mol.